The van der Waals surface area contributed by atoms with Gasteiger partial charge in [-0.2, -0.15) is 0 Å². The Labute approximate surface area is 137 Å². The number of thioether (sulfide) groups is 1. The predicted molar refractivity (Wildman–Crippen MR) is 90.0 cm³/mol. The number of fused-ring (bicyclic) bond motifs is 1. The number of benzene rings is 2. The van der Waals surface area contributed by atoms with Gasteiger partial charge < -0.3 is 5.32 Å². The van der Waals surface area contributed by atoms with Crippen LogP contribution in [0.1, 0.15) is 5.82 Å². The summed E-state index contributed by atoms with van der Waals surface area (Å²) < 4.78 is 13.1. The Kier molecular flexibility index (Phi) is 4.52. The molecule has 116 valence electrons. The molecule has 1 amide bonds. The fraction of sp³-hybridized carbons (Fsp3) is 0.118. The van der Waals surface area contributed by atoms with Crippen molar-refractivity contribution in [1.82, 2.24) is 9.97 Å². The number of amides is 1. The van der Waals surface area contributed by atoms with Crippen LogP contribution in [0, 0.1) is 12.7 Å². The van der Waals surface area contributed by atoms with E-state index in [0.717, 1.165) is 15.9 Å². The number of carbonyl (C=O) groups is 1. The van der Waals surface area contributed by atoms with E-state index in [0.29, 0.717) is 11.5 Å². The lowest BCUT2D eigenvalue weighted by atomic mass is 10.2. The molecule has 0 aliphatic carbocycles. The zero-order chi connectivity index (χ0) is 16.2. The molecule has 0 atom stereocenters. The second-order valence-electron chi connectivity index (χ2n) is 4.94. The number of nitrogens with zero attached hydrogens (tertiary/aromatic N) is 2. The SMILES string of the molecule is Cc1nc(SCC(=O)Nc2cccc(F)c2)c2ccccc2n1. The van der Waals surface area contributed by atoms with Crippen molar-refractivity contribution in [3.05, 3.63) is 60.2 Å². The highest BCUT2D eigenvalue weighted by Gasteiger charge is 2.09. The van der Waals surface area contributed by atoms with Crippen LogP contribution >= 0.6 is 11.8 Å². The predicted octanol–water partition coefficient (Wildman–Crippen LogP) is 3.81. The van der Waals surface area contributed by atoms with Crippen molar-refractivity contribution in [1.29, 1.82) is 0 Å². The first-order valence-corrected chi connectivity index (χ1v) is 8.02. The summed E-state index contributed by atoms with van der Waals surface area (Å²) in [5, 5.41) is 4.36. The maximum absolute atomic E-state index is 13.1. The lowest BCUT2D eigenvalue weighted by Crippen LogP contribution is -2.14. The highest BCUT2D eigenvalue weighted by Crippen LogP contribution is 2.25. The lowest BCUT2D eigenvalue weighted by Gasteiger charge is -2.07. The Morgan fingerprint density at radius 1 is 1.17 bits per heavy atom. The number of carbonyl (C=O) groups excluding carboxylic acids is 1. The van der Waals surface area contributed by atoms with E-state index >= 15 is 0 Å². The highest BCUT2D eigenvalue weighted by molar-refractivity contribution is 8.00. The molecule has 4 nitrogen and oxygen atoms in total. The quantitative estimate of drug-likeness (QED) is 0.585. The number of aryl methyl sites for hydroxylation is 1. The molecule has 0 fully saturated rings. The number of aromatic nitrogens is 2. The Morgan fingerprint density at radius 3 is 2.83 bits per heavy atom. The maximum atomic E-state index is 13.1. The van der Waals surface area contributed by atoms with Crippen molar-refractivity contribution in [2.75, 3.05) is 11.1 Å². The molecule has 3 rings (SSSR count). The van der Waals surface area contributed by atoms with Crippen LogP contribution in [0.2, 0.25) is 0 Å². The van der Waals surface area contributed by atoms with E-state index in [4.69, 9.17) is 0 Å². The fourth-order valence-corrected chi connectivity index (χ4v) is 3.03. The topological polar surface area (TPSA) is 54.9 Å². The van der Waals surface area contributed by atoms with E-state index < -0.39 is 0 Å². The minimum absolute atomic E-state index is 0.191. The second-order valence-corrected chi connectivity index (χ2v) is 5.90. The molecule has 3 aromatic rings. The molecule has 0 saturated heterocycles. The van der Waals surface area contributed by atoms with Crippen LogP contribution in [-0.4, -0.2) is 21.6 Å². The normalized spacial score (nSPS) is 10.7. The zero-order valence-corrected chi connectivity index (χ0v) is 13.2. The van der Waals surface area contributed by atoms with Crippen molar-refractivity contribution in [2.24, 2.45) is 0 Å². The molecule has 0 aliphatic heterocycles. The molecule has 0 unspecified atom stereocenters. The number of halogens is 1. The summed E-state index contributed by atoms with van der Waals surface area (Å²) in [6.45, 7) is 1.82. The van der Waals surface area contributed by atoms with Gasteiger partial charge >= 0.3 is 0 Å². The summed E-state index contributed by atoms with van der Waals surface area (Å²) in [6.07, 6.45) is 0. The monoisotopic (exact) mass is 327 g/mol. The number of hydrogen-bond acceptors (Lipinski definition) is 4. The smallest absolute Gasteiger partial charge is 0.234 e. The minimum Gasteiger partial charge on any atom is -0.325 e. The van der Waals surface area contributed by atoms with Crippen molar-refractivity contribution in [3.63, 3.8) is 0 Å². The summed E-state index contributed by atoms with van der Waals surface area (Å²) in [4.78, 5) is 20.8. The molecule has 0 aliphatic rings. The Hall–Kier alpha value is -2.47. The van der Waals surface area contributed by atoms with Gasteiger partial charge in [-0.25, -0.2) is 14.4 Å². The van der Waals surface area contributed by atoms with Gasteiger partial charge in [0, 0.05) is 11.1 Å². The van der Waals surface area contributed by atoms with Crippen LogP contribution in [0.5, 0.6) is 0 Å². The van der Waals surface area contributed by atoms with Gasteiger partial charge in [0.1, 0.15) is 16.7 Å². The van der Waals surface area contributed by atoms with E-state index in [1.165, 1.54) is 23.9 Å². The van der Waals surface area contributed by atoms with Crippen molar-refractivity contribution >= 4 is 34.3 Å². The molecule has 0 saturated carbocycles. The number of hydrogen-bond donors (Lipinski definition) is 1. The van der Waals surface area contributed by atoms with Gasteiger partial charge in [0.25, 0.3) is 0 Å². The third-order valence-corrected chi connectivity index (χ3v) is 4.12. The zero-order valence-electron chi connectivity index (χ0n) is 12.4. The summed E-state index contributed by atoms with van der Waals surface area (Å²) >= 11 is 1.34. The van der Waals surface area contributed by atoms with E-state index in [1.807, 2.05) is 31.2 Å². The second kappa shape index (κ2) is 6.75. The van der Waals surface area contributed by atoms with E-state index in [1.54, 1.807) is 12.1 Å². The summed E-state index contributed by atoms with van der Waals surface area (Å²) in [6, 6.07) is 13.5. The average Bonchev–Trinajstić information content (AvgIpc) is 2.52. The lowest BCUT2D eigenvalue weighted by molar-refractivity contribution is -0.113. The Morgan fingerprint density at radius 2 is 2.00 bits per heavy atom. The fourth-order valence-electron chi connectivity index (χ4n) is 2.17. The third-order valence-electron chi connectivity index (χ3n) is 3.13. The molecule has 23 heavy (non-hydrogen) atoms. The van der Waals surface area contributed by atoms with Gasteiger partial charge in [-0.15, -0.1) is 0 Å². The van der Waals surface area contributed by atoms with Gasteiger partial charge in [0.2, 0.25) is 5.91 Å². The van der Waals surface area contributed by atoms with Gasteiger partial charge in [-0.1, -0.05) is 36.0 Å². The molecule has 6 heteroatoms. The molecule has 0 bridgehead atoms. The first-order chi connectivity index (χ1) is 11.1. The van der Waals surface area contributed by atoms with Crippen molar-refractivity contribution < 1.29 is 9.18 Å². The standard InChI is InChI=1S/C17H14FN3OS/c1-11-19-15-8-3-2-7-14(15)17(20-11)23-10-16(22)21-13-6-4-5-12(18)9-13/h2-9H,10H2,1H3,(H,21,22). The molecule has 1 aromatic heterocycles. The van der Waals surface area contributed by atoms with E-state index in [2.05, 4.69) is 15.3 Å². The number of nitrogens with one attached hydrogen (secondary N) is 1. The third kappa shape index (κ3) is 3.84. The van der Waals surface area contributed by atoms with Crippen LogP contribution in [0.25, 0.3) is 10.9 Å². The highest BCUT2D eigenvalue weighted by atomic mass is 32.2. The van der Waals surface area contributed by atoms with Gasteiger partial charge in [-0.05, 0) is 31.2 Å². The summed E-state index contributed by atoms with van der Waals surface area (Å²) in [5.74, 6) is 0.266. The van der Waals surface area contributed by atoms with E-state index in [-0.39, 0.29) is 17.5 Å². The number of para-hydroxylation sites is 1. The molecule has 0 spiro atoms. The molecular formula is C17H14FN3OS. The molecular weight excluding hydrogens is 313 g/mol. The molecule has 0 radical (unpaired) electrons. The summed E-state index contributed by atoms with van der Waals surface area (Å²) in [5.41, 5.74) is 1.30. The average molecular weight is 327 g/mol. The minimum atomic E-state index is -0.382. The molecule has 1 heterocycles. The molecule has 2 aromatic carbocycles. The van der Waals surface area contributed by atoms with Crippen molar-refractivity contribution in [3.8, 4) is 0 Å². The van der Waals surface area contributed by atoms with Crippen LogP contribution < -0.4 is 5.32 Å². The number of rotatable bonds is 4. The maximum Gasteiger partial charge on any atom is 0.234 e. The number of anilines is 1. The van der Waals surface area contributed by atoms with Gasteiger partial charge in [0.15, 0.2) is 0 Å². The van der Waals surface area contributed by atoms with E-state index in [9.17, 15) is 9.18 Å². The first-order valence-electron chi connectivity index (χ1n) is 7.03. The van der Waals surface area contributed by atoms with Gasteiger partial charge in [0.05, 0.1) is 11.3 Å². The van der Waals surface area contributed by atoms with Crippen LogP contribution in [0.3, 0.4) is 0 Å². The van der Waals surface area contributed by atoms with Crippen molar-refractivity contribution in [2.45, 2.75) is 11.9 Å². The Balaban J connectivity index is 1.72. The van der Waals surface area contributed by atoms with Crippen LogP contribution in [0.4, 0.5) is 10.1 Å². The van der Waals surface area contributed by atoms with Gasteiger partial charge in [-0.3, -0.25) is 4.79 Å². The largest absolute Gasteiger partial charge is 0.325 e. The Bertz CT molecular complexity index is 869. The van der Waals surface area contributed by atoms with Crippen LogP contribution in [-0.2, 0) is 4.79 Å². The summed E-state index contributed by atoms with van der Waals surface area (Å²) in [7, 11) is 0. The van der Waals surface area contributed by atoms with Crippen LogP contribution in [0.15, 0.2) is 53.6 Å². The first kappa shape index (κ1) is 15.4. The molecule has 1 N–H and O–H groups in total.